The number of ether oxygens (including phenoxy) is 1. The lowest BCUT2D eigenvalue weighted by atomic mass is 10.2. The van der Waals surface area contributed by atoms with Crippen molar-refractivity contribution in [3.05, 3.63) is 30.0 Å². The van der Waals surface area contributed by atoms with Crippen LogP contribution in [0.3, 0.4) is 0 Å². The average molecular weight is 234 g/mol. The quantitative estimate of drug-likeness (QED) is 0.885. The van der Waals surface area contributed by atoms with Gasteiger partial charge in [-0.3, -0.25) is 0 Å². The number of anilines is 1. The van der Waals surface area contributed by atoms with E-state index in [0.29, 0.717) is 0 Å². The van der Waals surface area contributed by atoms with Crippen LogP contribution < -0.4 is 10.1 Å². The third kappa shape index (κ3) is 1.88. The van der Waals surface area contributed by atoms with Gasteiger partial charge in [-0.25, -0.2) is 4.98 Å². The van der Waals surface area contributed by atoms with Crippen LogP contribution in [0.25, 0.3) is 10.6 Å². The fourth-order valence-electron chi connectivity index (χ4n) is 1.56. The van der Waals surface area contributed by atoms with Crippen molar-refractivity contribution in [3.8, 4) is 16.3 Å². The number of para-hydroxylation sites is 1. The Morgan fingerprint density at radius 1 is 1.31 bits per heavy atom. The van der Waals surface area contributed by atoms with Crippen LogP contribution in [-0.2, 0) is 0 Å². The van der Waals surface area contributed by atoms with E-state index in [1.165, 1.54) is 0 Å². The Morgan fingerprint density at radius 3 is 2.69 bits per heavy atom. The second-order valence-corrected chi connectivity index (χ2v) is 4.38. The molecule has 0 atom stereocenters. The molecule has 0 radical (unpaired) electrons. The normalized spacial score (nSPS) is 10.2. The Labute approximate surface area is 99.1 Å². The van der Waals surface area contributed by atoms with E-state index in [0.717, 1.165) is 27.0 Å². The Bertz CT molecular complexity index is 494. The predicted octanol–water partition coefficient (Wildman–Crippen LogP) is 3.17. The van der Waals surface area contributed by atoms with Gasteiger partial charge in [0.25, 0.3) is 0 Å². The van der Waals surface area contributed by atoms with Crippen LogP contribution in [0, 0.1) is 6.92 Å². The van der Waals surface area contributed by atoms with Crippen molar-refractivity contribution < 1.29 is 4.74 Å². The first-order valence-electron chi connectivity index (χ1n) is 5.05. The Balaban J connectivity index is 2.49. The van der Waals surface area contributed by atoms with Crippen molar-refractivity contribution in [1.29, 1.82) is 0 Å². The van der Waals surface area contributed by atoms with Crippen LogP contribution in [0.5, 0.6) is 5.75 Å². The highest BCUT2D eigenvalue weighted by Crippen LogP contribution is 2.36. The SMILES string of the molecule is CNc1sc(-c2ccccc2OC)nc1C. The average Bonchev–Trinajstić information content (AvgIpc) is 2.70. The molecule has 1 N–H and O–H groups in total. The number of benzene rings is 1. The van der Waals surface area contributed by atoms with Crippen LogP contribution in [0.2, 0.25) is 0 Å². The van der Waals surface area contributed by atoms with Crippen LogP contribution in [0.4, 0.5) is 5.00 Å². The van der Waals surface area contributed by atoms with Gasteiger partial charge in [0.15, 0.2) is 0 Å². The van der Waals surface area contributed by atoms with Crippen LogP contribution in [0.1, 0.15) is 5.69 Å². The molecule has 0 saturated heterocycles. The molecular formula is C12H14N2OS. The largest absolute Gasteiger partial charge is 0.496 e. The van der Waals surface area contributed by atoms with Gasteiger partial charge in [0.1, 0.15) is 15.8 Å². The van der Waals surface area contributed by atoms with E-state index in [2.05, 4.69) is 10.3 Å². The molecule has 0 unspecified atom stereocenters. The van der Waals surface area contributed by atoms with E-state index in [4.69, 9.17) is 4.74 Å². The van der Waals surface area contributed by atoms with Gasteiger partial charge in [-0.15, -0.1) is 0 Å². The molecule has 1 heterocycles. The number of rotatable bonds is 3. The molecule has 0 fully saturated rings. The fraction of sp³-hybridized carbons (Fsp3) is 0.250. The highest BCUT2D eigenvalue weighted by atomic mass is 32.1. The molecule has 1 aromatic heterocycles. The lowest BCUT2D eigenvalue weighted by Gasteiger charge is -2.04. The molecular weight excluding hydrogens is 220 g/mol. The fourth-order valence-corrected chi connectivity index (χ4v) is 2.51. The lowest BCUT2D eigenvalue weighted by Crippen LogP contribution is -1.87. The number of aromatic nitrogens is 1. The first kappa shape index (κ1) is 11.0. The molecule has 16 heavy (non-hydrogen) atoms. The highest BCUT2D eigenvalue weighted by Gasteiger charge is 2.11. The number of hydrogen-bond donors (Lipinski definition) is 1. The van der Waals surface area contributed by atoms with E-state index in [9.17, 15) is 0 Å². The van der Waals surface area contributed by atoms with Gasteiger partial charge >= 0.3 is 0 Å². The third-order valence-electron chi connectivity index (χ3n) is 2.36. The molecule has 4 heteroatoms. The Kier molecular flexibility index (Phi) is 3.10. The summed E-state index contributed by atoms with van der Waals surface area (Å²) < 4.78 is 5.33. The molecule has 2 aromatic rings. The monoisotopic (exact) mass is 234 g/mol. The molecule has 0 aliphatic rings. The first-order chi connectivity index (χ1) is 7.76. The summed E-state index contributed by atoms with van der Waals surface area (Å²) in [5.41, 5.74) is 2.06. The number of hydrogen-bond acceptors (Lipinski definition) is 4. The summed E-state index contributed by atoms with van der Waals surface area (Å²) >= 11 is 1.64. The van der Waals surface area contributed by atoms with Crippen molar-refractivity contribution in [2.24, 2.45) is 0 Å². The third-order valence-corrected chi connectivity index (χ3v) is 3.57. The summed E-state index contributed by atoms with van der Waals surface area (Å²) in [5, 5.41) is 5.22. The number of methoxy groups -OCH3 is 1. The minimum absolute atomic E-state index is 0.860. The van der Waals surface area contributed by atoms with Crippen LogP contribution >= 0.6 is 11.3 Å². The molecule has 0 bridgehead atoms. The van der Waals surface area contributed by atoms with E-state index >= 15 is 0 Å². The standard InChI is InChI=1S/C12H14N2OS/c1-8-11(13-2)16-12(14-8)9-6-4-5-7-10(9)15-3/h4-7,13H,1-3H3. The van der Waals surface area contributed by atoms with Crippen molar-refractivity contribution in [2.45, 2.75) is 6.92 Å². The van der Waals surface area contributed by atoms with E-state index < -0.39 is 0 Å². The van der Waals surface area contributed by atoms with Gasteiger partial charge in [-0.05, 0) is 19.1 Å². The number of aryl methyl sites for hydroxylation is 1. The second kappa shape index (κ2) is 4.53. The van der Waals surface area contributed by atoms with E-state index in [1.807, 2.05) is 38.2 Å². The topological polar surface area (TPSA) is 34.1 Å². The summed E-state index contributed by atoms with van der Waals surface area (Å²) in [6.07, 6.45) is 0. The van der Waals surface area contributed by atoms with Crippen molar-refractivity contribution >= 4 is 16.3 Å². The number of nitrogens with zero attached hydrogens (tertiary/aromatic N) is 1. The number of nitrogens with one attached hydrogen (secondary N) is 1. The van der Waals surface area contributed by atoms with E-state index in [-0.39, 0.29) is 0 Å². The second-order valence-electron chi connectivity index (χ2n) is 3.38. The molecule has 1 aromatic carbocycles. The maximum atomic E-state index is 5.33. The Morgan fingerprint density at radius 2 is 2.06 bits per heavy atom. The molecule has 2 rings (SSSR count). The summed E-state index contributed by atoms with van der Waals surface area (Å²) in [6, 6.07) is 7.93. The highest BCUT2D eigenvalue weighted by molar-refractivity contribution is 7.19. The summed E-state index contributed by atoms with van der Waals surface area (Å²) in [7, 11) is 3.59. The van der Waals surface area contributed by atoms with Gasteiger partial charge in [-0.1, -0.05) is 23.5 Å². The molecule has 0 aliphatic heterocycles. The zero-order chi connectivity index (χ0) is 11.5. The van der Waals surface area contributed by atoms with Crippen molar-refractivity contribution in [3.63, 3.8) is 0 Å². The van der Waals surface area contributed by atoms with Crippen LogP contribution in [0.15, 0.2) is 24.3 Å². The van der Waals surface area contributed by atoms with Gasteiger partial charge in [-0.2, -0.15) is 0 Å². The van der Waals surface area contributed by atoms with E-state index in [1.54, 1.807) is 18.4 Å². The molecule has 3 nitrogen and oxygen atoms in total. The zero-order valence-electron chi connectivity index (χ0n) is 9.57. The molecule has 0 amide bonds. The van der Waals surface area contributed by atoms with Gasteiger partial charge in [0.05, 0.1) is 18.4 Å². The van der Waals surface area contributed by atoms with Gasteiger partial charge in [0, 0.05) is 7.05 Å². The summed E-state index contributed by atoms with van der Waals surface area (Å²) in [5.74, 6) is 0.860. The zero-order valence-corrected chi connectivity index (χ0v) is 10.4. The summed E-state index contributed by atoms with van der Waals surface area (Å²) in [6.45, 7) is 2.00. The van der Waals surface area contributed by atoms with Gasteiger partial charge < -0.3 is 10.1 Å². The van der Waals surface area contributed by atoms with Crippen molar-refractivity contribution in [2.75, 3.05) is 19.5 Å². The first-order valence-corrected chi connectivity index (χ1v) is 5.86. The number of thiazole rings is 1. The lowest BCUT2D eigenvalue weighted by molar-refractivity contribution is 0.416. The minimum Gasteiger partial charge on any atom is -0.496 e. The smallest absolute Gasteiger partial charge is 0.129 e. The van der Waals surface area contributed by atoms with Crippen LogP contribution in [-0.4, -0.2) is 19.1 Å². The van der Waals surface area contributed by atoms with Crippen molar-refractivity contribution in [1.82, 2.24) is 4.98 Å². The van der Waals surface area contributed by atoms with Gasteiger partial charge in [0.2, 0.25) is 0 Å². The molecule has 84 valence electrons. The molecule has 0 aliphatic carbocycles. The maximum Gasteiger partial charge on any atom is 0.129 e. The molecule has 0 saturated carbocycles. The molecule has 0 spiro atoms. The minimum atomic E-state index is 0.860. The predicted molar refractivity (Wildman–Crippen MR) is 68.4 cm³/mol. The summed E-state index contributed by atoms with van der Waals surface area (Å²) in [4.78, 5) is 4.54. The maximum absolute atomic E-state index is 5.33. The Hall–Kier alpha value is -1.55.